The highest BCUT2D eigenvalue weighted by Crippen LogP contribution is 2.36. The van der Waals surface area contributed by atoms with E-state index in [2.05, 4.69) is 61.0 Å². The van der Waals surface area contributed by atoms with E-state index in [9.17, 15) is 0 Å². The van der Waals surface area contributed by atoms with Crippen molar-refractivity contribution in [2.24, 2.45) is 10.2 Å². The predicted octanol–water partition coefficient (Wildman–Crippen LogP) is 3.78. The number of tetrazole rings is 1. The summed E-state index contributed by atoms with van der Waals surface area (Å²) in [5.41, 5.74) is 1.90. The van der Waals surface area contributed by atoms with Crippen LogP contribution >= 0.6 is 0 Å². The van der Waals surface area contributed by atoms with Crippen molar-refractivity contribution in [3.63, 3.8) is 0 Å². The molecule has 0 aromatic carbocycles. The second-order valence-electron chi connectivity index (χ2n) is 8.23. The molecule has 3 heterocycles. The van der Waals surface area contributed by atoms with Gasteiger partial charge in [0.1, 0.15) is 0 Å². The summed E-state index contributed by atoms with van der Waals surface area (Å²) in [6.07, 6.45) is 16.5. The van der Waals surface area contributed by atoms with Crippen LogP contribution in [0.5, 0.6) is 0 Å². The first-order chi connectivity index (χ1) is 14.7. The van der Waals surface area contributed by atoms with Crippen LogP contribution in [0.4, 0.5) is 0 Å². The van der Waals surface area contributed by atoms with Gasteiger partial charge in [-0.25, -0.2) is 4.68 Å². The fraction of sp³-hybridized carbons (Fsp3) is 0.636. The van der Waals surface area contributed by atoms with Gasteiger partial charge in [-0.3, -0.25) is 4.98 Å². The lowest BCUT2D eigenvalue weighted by molar-refractivity contribution is 0.310. The average molecular weight is 407 g/mol. The van der Waals surface area contributed by atoms with E-state index in [0.29, 0.717) is 12.5 Å². The summed E-state index contributed by atoms with van der Waals surface area (Å²) in [7, 11) is 0. The van der Waals surface area contributed by atoms with Crippen molar-refractivity contribution in [1.82, 2.24) is 30.5 Å². The molecule has 1 aliphatic heterocycles. The van der Waals surface area contributed by atoms with Crippen molar-refractivity contribution >= 4 is 0 Å². The Morgan fingerprint density at radius 1 is 1.27 bits per heavy atom. The molecule has 2 aromatic rings. The summed E-state index contributed by atoms with van der Waals surface area (Å²) in [6, 6.07) is 4.48. The van der Waals surface area contributed by atoms with Crippen LogP contribution in [0.2, 0.25) is 0 Å². The second-order valence-corrected chi connectivity index (χ2v) is 8.23. The fourth-order valence-electron chi connectivity index (χ4n) is 4.29. The maximum atomic E-state index is 5.42. The summed E-state index contributed by atoms with van der Waals surface area (Å²) in [5.74, 6) is 3.56. The molecule has 8 nitrogen and oxygen atoms in total. The molecule has 4 rings (SSSR count). The van der Waals surface area contributed by atoms with Crippen LogP contribution in [0.15, 0.2) is 28.6 Å². The Hall–Kier alpha value is -2.66. The van der Waals surface area contributed by atoms with E-state index < -0.39 is 0 Å². The topological polar surface area (TPSA) is 93.2 Å². The van der Waals surface area contributed by atoms with Gasteiger partial charge in [0, 0.05) is 37.7 Å². The number of rotatable bonds is 10. The number of pyridine rings is 1. The largest absolute Gasteiger partial charge is 0.303 e. The second kappa shape index (κ2) is 9.43. The van der Waals surface area contributed by atoms with Gasteiger partial charge in [-0.05, 0) is 47.4 Å². The molecule has 2 aliphatic rings. The number of nitrogens with one attached hydrogen (secondary N) is 1. The summed E-state index contributed by atoms with van der Waals surface area (Å²) >= 11 is 0. The van der Waals surface area contributed by atoms with Crippen LogP contribution in [0.25, 0.3) is 0 Å². The molecule has 1 unspecified atom stereocenters. The fourth-order valence-corrected chi connectivity index (χ4v) is 4.29. The SMILES string of the molecule is C#CCCC1(CCNC(c2ccnc(CC)c2)c2nnnn2C2CCCCC2)N=N1. The van der Waals surface area contributed by atoms with Crippen LogP contribution in [-0.4, -0.2) is 37.4 Å². The summed E-state index contributed by atoms with van der Waals surface area (Å²) in [4.78, 5) is 4.46. The highest BCUT2D eigenvalue weighted by molar-refractivity contribution is 5.25. The van der Waals surface area contributed by atoms with Gasteiger partial charge < -0.3 is 5.32 Å². The number of aromatic nitrogens is 5. The summed E-state index contributed by atoms with van der Waals surface area (Å²) in [5, 5.41) is 25.1. The van der Waals surface area contributed by atoms with Gasteiger partial charge in [-0.15, -0.1) is 17.4 Å². The van der Waals surface area contributed by atoms with Crippen LogP contribution in [-0.2, 0) is 6.42 Å². The third-order valence-corrected chi connectivity index (χ3v) is 6.16. The lowest BCUT2D eigenvalue weighted by Crippen LogP contribution is -2.31. The van der Waals surface area contributed by atoms with Crippen LogP contribution in [0, 0.1) is 12.3 Å². The van der Waals surface area contributed by atoms with Crippen molar-refractivity contribution in [2.75, 3.05) is 6.54 Å². The third-order valence-electron chi connectivity index (χ3n) is 6.16. The molecule has 2 aromatic heterocycles. The number of nitrogens with zero attached hydrogens (tertiary/aromatic N) is 7. The Labute approximate surface area is 178 Å². The molecule has 1 atom stereocenters. The lowest BCUT2D eigenvalue weighted by Gasteiger charge is -2.26. The first-order valence-corrected chi connectivity index (χ1v) is 11.1. The Morgan fingerprint density at radius 3 is 2.83 bits per heavy atom. The van der Waals surface area contributed by atoms with E-state index in [-0.39, 0.29) is 11.7 Å². The molecule has 1 saturated carbocycles. The van der Waals surface area contributed by atoms with Gasteiger partial charge in [-0.2, -0.15) is 10.2 Å². The molecule has 0 saturated heterocycles. The maximum absolute atomic E-state index is 5.42. The molecule has 0 bridgehead atoms. The maximum Gasteiger partial charge on any atom is 0.193 e. The van der Waals surface area contributed by atoms with Gasteiger partial charge in [-0.1, -0.05) is 26.2 Å². The first-order valence-electron chi connectivity index (χ1n) is 11.1. The summed E-state index contributed by atoms with van der Waals surface area (Å²) < 4.78 is 2.04. The van der Waals surface area contributed by atoms with E-state index >= 15 is 0 Å². The van der Waals surface area contributed by atoms with Crippen molar-refractivity contribution in [3.05, 3.63) is 35.4 Å². The van der Waals surface area contributed by atoms with Gasteiger partial charge in [0.15, 0.2) is 11.5 Å². The molecule has 158 valence electrons. The number of hydrogen-bond donors (Lipinski definition) is 1. The van der Waals surface area contributed by atoms with Crippen LogP contribution < -0.4 is 5.32 Å². The zero-order chi connectivity index (χ0) is 20.8. The average Bonchev–Trinajstić information content (AvgIpc) is 3.40. The van der Waals surface area contributed by atoms with Crippen molar-refractivity contribution in [2.45, 2.75) is 82.5 Å². The van der Waals surface area contributed by atoms with Crippen LogP contribution in [0.3, 0.4) is 0 Å². The molecule has 0 radical (unpaired) electrons. The monoisotopic (exact) mass is 406 g/mol. The highest BCUT2D eigenvalue weighted by atomic mass is 15.6. The summed E-state index contributed by atoms with van der Waals surface area (Å²) in [6.45, 7) is 2.87. The Bertz CT molecular complexity index is 900. The van der Waals surface area contributed by atoms with E-state index in [1.54, 1.807) is 0 Å². The minimum atomic E-state index is -0.300. The molecule has 0 amide bonds. The molecule has 8 heteroatoms. The lowest BCUT2D eigenvalue weighted by atomic mass is 9.95. The van der Waals surface area contributed by atoms with Crippen LogP contribution in [0.1, 0.15) is 87.5 Å². The quantitative estimate of drug-likeness (QED) is 0.606. The Balaban J connectivity index is 1.54. The predicted molar refractivity (Wildman–Crippen MR) is 114 cm³/mol. The zero-order valence-electron chi connectivity index (χ0n) is 17.7. The van der Waals surface area contributed by atoms with Gasteiger partial charge in [0.05, 0.1) is 12.1 Å². The van der Waals surface area contributed by atoms with Gasteiger partial charge in [0.2, 0.25) is 0 Å². The minimum absolute atomic E-state index is 0.0985. The van der Waals surface area contributed by atoms with Crippen molar-refractivity contribution in [3.8, 4) is 12.3 Å². The van der Waals surface area contributed by atoms with E-state index in [1.165, 1.54) is 19.3 Å². The highest BCUT2D eigenvalue weighted by Gasteiger charge is 2.39. The van der Waals surface area contributed by atoms with E-state index in [1.807, 2.05) is 10.9 Å². The standard InChI is InChI=1S/C22H30N8/c1-3-5-12-22(26-27-22)13-15-24-20(17-11-14-23-18(4-2)16-17)21-25-28-29-30(21)19-9-7-6-8-10-19/h1,11,14,16,19-20,24H,4-10,12-13,15H2,2H3. The molecule has 1 fully saturated rings. The zero-order valence-corrected chi connectivity index (χ0v) is 17.7. The first kappa shape index (κ1) is 20.6. The Morgan fingerprint density at radius 2 is 2.10 bits per heavy atom. The smallest absolute Gasteiger partial charge is 0.193 e. The third kappa shape index (κ3) is 4.73. The molecule has 1 aliphatic carbocycles. The number of terminal acetylenes is 1. The van der Waals surface area contributed by atoms with Gasteiger partial charge >= 0.3 is 0 Å². The van der Waals surface area contributed by atoms with E-state index in [4.69, 9.17) is 6.42 Å². The van der Waals surface area contributed by atoms with E-state index in [0.717, 1.165) is 55.7 Å². The molecule has 30 heavy (non-hydrogen) atoms. The van der Waals surface area contributed by atoms with Gasteiger partial charge in [0.25, 0.3) is 0 Å². The molecular weight excluding hydrogens is 376 g/mol. The number of aryl methyl sites for hydroxylation is 1. The molecule has 0 spiro atoms. The number of hydrogen-bond acceptors (Lipinski definition) is 7. The Kier molecular flexibility index (Phi) is 6.48. The molecular formula is C22H30N8. The van der Waals surface area contributed by atoms with Crippen molar-refractivity contribution < 1.29 is 0 Å². The van der Waals surface area contributed by atoms with Crippen molar-refractivity contribution in [1.29, 1.82) is 0 Å². The normalized spacial score (nSPS) is 18.8. The molecule has 1 N–H and O–H groups in total. The minimum Gasteiger partial charge on any atom is -0.303 e.